The van der Waals surface area contributed by atoms with Crippen molar-refractivity contribution in [3.05, 3.63) is 42.5 Å². The van der Waals surface area contributed by atoms with E-state index in [1.54, 1.807) is 4.57 Å². The van der Waals surface area contributed by atoms with E-state index in [1.807, 2.05) is 0 Å². The zero-order valence-electron chi connectivity index (χ0n) is 17.6. The van der Waals surface area contributed by atoms with Crippen LogP contribution >= 0.6 is 0 Å². The van der Waals surface area contributed by atoms with Crippen molar-refractivity contribution >= 4 is 22.7 Å². The molecule has 10 nitrogen and oxygen atoms in total. The summed E-state index contributed by atoms with van der Waals surface area (Å²) in [6.07, 6.45) is -1.25. The lowest BCUT2D eigenvalue weighted by Gasteiger charge is -2.21. The zero-order valence-corrected chi connectivity index (χ0v) is 17.6. The summed E-state index contributed by atoms with van der Waals surface area (Å²) in [7, 11) is 0. The van der Waals surface area contributed by atoms with Gasteiger partial charge in [-0.3, -0.25) is 4.57 Å². The number of ether oxygens (including phenoxy) is 1. The average molecular weight is 428 g/mol. The van der Waals surface area contributed by atoms with E-state index in [0.717, 1.165) is 18.7 Å². The van der Waals surface area contributed by atoms with Gasteiger partial charge in [-0.25, -0.2) is 15.0 Å². The fraction of sp³-hybridized carbons (Fsp3) is 0.476. The van der Waals surface area contributed by atoms with E-state index >= 15 is 0 Å². The lowest BCUT2D eigenvalue weighted by Crippen LogP contribution is -2.33. The molecule has 0 unspecified atom stereocenters. The highest BCUT2D eigenvalue weighted by Gasteiger charge is 2.44. The van der Waals surface area contributed by atoms with Gasteiger partial charge in [0.25, 0.3) is 0 Å². The molecular weight excluding hydrogens is 400 g/mol. The van der Waals surface area contributed by atoms with Gasteiger partial charge >= 0.3 is 0 Å². The minimum atomic E-state index is -1.20. The monoisotopic (exact) mass is 428 g/mol. The van der Waals surface area contributed by atoms with Gasteiger partial charge in [0.2, 0.25) is 0 Å². The minimum absolute atomic E-state index is 0.393. The topological polar surface area (TPSA) is 129 Å². The van der Waals surface area contributed by atoms with Gasteiger partial charge in [-0.2, -0.15) is 0 Å². The molecule has 1 aliphatic heterocycles. The summed E-state index contributed by atoms with van der Waals surface area (Å²) in [5.74, 6) is 0.559. The minimum Gasteiger partial charge on any atom is -0.394 e. The number of benzene rings is 1. The molecular formula is C21H28N6O4. The summed E-state index contributed by atoms with van der Waals surface area (Å²) in [4.78, 5) is 15.2. The van der Waals surface area contributed by atoms with Crippen molar-refractivity contribution in [2.24, 2.45) is 0 Å². The number of hydrogen-bond acceptors (Lipinski definition) is 9. The van der Waals surface area contributed by atoms with Crippen molar-refractivity contribution in [2.75, 3.05) is 29.9 Å². The average Bonchev–Trinajstić information content (AvgIpc) is 3.35. The van der Waals surface area contributed by atoms with Crippen LogP contribution < -0.4 is 10.2 Å². The summed E-state index contributed by atoms with van der Waals surface area (Å²) in [6, 6.07) is 8.37. The molecule has 0 saturated carbocycles. The van der Waals surface area contributed by atoms with Crippen molar-refractivity contribution < 1.29 is 20.1 Å². The van der Waals surface area contributed by atoms with Gasteiger partial charge in [0.1, 0.15) is 24.6 Å². The van der Waals surface area contributed by atoms with Gasteiger partial charge in [0, 0.05) is 25.3 Å². The Labute approximate surface area is 180 Å². The molecule has 0 aliphatic carbocycles. The number of fused-ring (bicyclic) bond motifs is 1. The molecule has 4 rings (SSSR count). The molecule has 31 heavy (non-hydrogen) atoms. The van der Waals surface area contributed by atoms with E-state index in [9.17, 15) is 15.3 Å². The highest BCUT2D eigenvalue weighted by atomic mass is 16.6. The van der Waals surface area contributed by atoms with Gasteiger partial charge < -0.3 is 30.3 Å². The first-order valence-electron chi connectivity index (χ1n) is 10.4. The number of nitrogens with zero attached hydrogens (tertiary/aromatic N) is 5. The molecule has 4 N–H and O–H groups in total. The lowest BCUT2D eigenvalue weighted by molar-refractivity contribution is -0.0511. The van der Waals surface area contributed by atoms with Crippen LogP contribution in [0.1, 0.15) is 25.6 Å². The Kier molecular flexibility index (Phi) is 6.33. The predicted octanol–water partition coefficient (Wildman–Crippen LogP) is 0.896. The Bertz CT molecular complexity index is 1010. The molecule has 166 valence electrons. The Morgan fingerprint density at radius 3 is 2.45 bits per heavy atom. The van der Waals surface area contributed by atoms with Crippen LogP contribution in [0.2, 0.25) is 0 Å². The fourth-order valence-corrected chi connectivity index (χ4v) is 3.88. The van der Waals surface area contributed by atoms with E-state index in [1.165, 1.54) is 18.3 Å². The summed E-state index contributed by atoms with van der Waals surface area (Å²) in [6.45, 7) is 6.37. The molecule has 4 atom stereocenters. The van der Waals surface area contributed by atoms with Crippen molar-refractivity contribution in [1.29, 1.82) is 0 Å². The zero-order chi connectivity index (χ0) is 22.0. The first kappa shape index (κ1) is 21.4. The van der Waals surface area contributed by atoms with E-state index in [4.69, 9.17) is 4.74 Å². The standard InChI is InChI=1S/C21H28N6O4/c1-3-26(4-2)14-7-5-13(6-8-14)9-22-19-16-20(24-11-23-19)27(12-25-16)21-18(30)17(29)15(10-28)31-21/h5-8,11-12,15,17-18,21,28-30H,3-4,9-10H2,1-2H3,(H,22,23,24)/t15-,17-,18+,21-/m1/s1. The van der Waals surface area contributed by atoms with Crippen LogP contribution in [-0.2, 0) is 11.3 Å². The molecule has 0 radical (unpaired) electrons. The first-order valence-corrected chi connectivity index (χ1v) is 10.4. The Hall–Kier alpha value is -2.79. The van der Waals surface area contributed by atoms with Crippen LogP contribution in [0.3, 0.4) is 0 Å². The number of rotatable bonds is 8. The number of imidazole rings is 1. The summed E-state index contributed by atoms with van der Waals surface area (Å²) < 4.78 is 7.14. The molecule has 2 aromatic heterocycles. The maximum Gasteiger partial charge on any atom is 0.167 e. The fourth-order valence-electron chi connectivity index (χ4n) is 3.88. The molecule has 0 spiro atoms. The maximum atomic E-state index is 10.3. The second kappa shape index (κ2) is 9.15. The smallest absolute Gasteiger partial charge is 0.167 e. The van der Waals surface area contributed by atoms with Crippen LogP contribution in [0.5, 0.6) is 0 Å². The van der Waals surface area contributed by atoms with Crippen LogP contribution in [-0.4, -0.2) is 72.8 Å². The molecule has 10 heteroatoms. The van der Waals surface area contributed by atoms with Crippen LogP contribution in [0.4, 0.5) is 11.5 Å². The molecule has 1 saturated heterocycles. The quantitative estimate of drug-likeness (QED) is 0.413. The highest BCUT2D eigenvalue weighted by Crippen LogP contribution is 2.32. The van der Waals surface area contributed by atoms with E-state index in [0.29, 0.717) is 23.5 Å². The molecule has 3 heterocycles. The second-order valence-corrected chi connectivity index (χ2v) is 7.47. The summed E-state index contributed by atoms with van der Waals surface area (Å²) >= 11 is 0. The Balaban J connectivity index is 1.51. The second-order valence-electron chi connectivity index (χ2n) is 7.47. The molecule has 1 aliphatic rings. The Morgan fingerprint density at radius 1 is 1.06 bits per heavy atom. The number of aliphatic hydroxyl groups is 3. The van der Waals surface area contributed by atoms with Gasteiger partial charge in [-0.15, -0.1) is 0 Å². The highest BCUT2D eigenvalue weighted by molar-refractivity contribution is 5.82. The van der Waals surface area contributed by atoms with E-state index in [2.05, 4.69) is 63.3 Å². The van der Waals surface area contributed by atoms with Crippen LogP contribution in [0.15, 0.2) is 36.9 Å². The van der Waals surface area contributed by atoms with Gasteiger partial charge in [0.15, 0.2) is 23.2 Å². The normalized spacial score (nSPS) is 23.4. The largest absolute Gasteiger partial charge is 0.394 e. The van der Waals surface area contributed by atoms with Crippen molar-refractivity contribution in [1.82, 2.24) is 19.5 Å². The third-order valence-corrected chi connectivity index (χ3v) is 5.67. The number of anilines is 2. The van der Waals surface area contributed by atoms with Crippen LogP contribution in [0.25, 0.3) is 11.2 Å². The van der Waals surface area contributed by atoms with E-state index < -0.39 is 31.1 Å². The van der Waals surface area contributed by atoms with E-state index in [-0.39, 0.29) is 0 Å². The maximum absolute atomic E-state index is 10.3. The molecule has 1 aromatic carbocycles. The number of nitrogens with one attached hydrogen (secondary N) is 1. The summed E-state index contributed by atoms with van der Waals surface area (Å²) in [5.41, 5.74) is 3.28. The molecule has 1 fully saturated rings. The molecule has 0 amide bonds. The number of hydrogen-bond donors (Lipinski definition) is 4. The Morgan fingerprint density at radius 2 is 1.81 bits per heavy atom. The van der Waals surface area contributed by atoms with Crippen LogP contribution in [0, 0.1) is 0 Å². The first-order chi connectivity index (χ1) is 15.1. The van der Waals surface area contributed by atoms with Gasteiger partial charge in [-0.1, -0.05) is 12.1 Å². The molecule has 0 bridgehead atoms. The van der Waals surface area contributed by atoms with Crippen molar-refractivity contribution in [3.63, 3.8) is 0 Å². The third kappa shape index (κ3) is 4.07. The molecule has 3 aromatic rings. The number of aromatic nitrogens is 4. The summed E-state index contributed by atoms with van der Waals surface area (Å²) in [5, 5.41) is 33.0. The number of aliphatic hydroxyl groups excluding tert-OH is 3. The van der Waals surface area contributed by atoms with Gasteiger partial charge in [0.05, 0.1) is 12.9 Å². The lowest BCUT2D eigenvalue weighted by atomic mass is 10.1. The van der Waals surface area contributed by atoms with Crippen molar-refractivity contribution in [3.8, 4) is 0 Å². The SMILES string of the molecule is CCN(CC)c1ccc(CNc2ncnc3c2ncn3[C@@H]2O[C@H](CO)[C@@H](O)[C@@H]2O)cc1. The predicted molar refractivity (Wildman–Crippen MR) is 116 cm³/mol. The van der Waals surface area contributed by atoms with Gasteiger partial charge in [-0.05, 0) is 31.5 Å². The third-order valence-electron chi connectivity index (χ3n) is 5.67. The van der Waals surface area contributed by atoms with Crippen molar-refractivity contribution in [2.45, 2.75) is 44.9 Å².